The second-order valence-corrected chi connectivity index (χ2v) is 10.9. The Labute approximate surface area is 181 Å². The minimum Gasteiger partial charge on any atom is -0.383 e. The highest BCUT2D eigenvalue weighted by molar-refractivity contribution is 7.71. The molecule has 0 aliphatic carbocycles. The molecular weight excluding hydrogens is 528 g/mol. The van der Waals surface area contributed by atoms with Crippen molar-refractivity contribution in [1.29, 1.82) is 0 Å². The number of hydrogen-bond donors (Lipinski definition) is 7. The number of nitrogens with one attached hydrogen (secondary N) is 1. The number of phosphoric acid groups is 3. The van der Waals surface area contributed by atoms with E-state index in [1.165, 1.54) is 0 Å². The highest BCUT2D eigenvalue weighted by Crippen LogP contribution is 2.66. The molecule has 1 aromatic rings. The van der Waals surface area contributed by atoms with Crippen molar-refractivity contribution in [3.8, 4) is 12.3 Å². The maximum absolute atomic E-state index is 15.2. The minimum absolute atomic E-state index is 0.0618. The minimum atomic E-state index is -5.90. The highest BCUT2D eigenvalue weighted by Gasteiger charge is 2.65. The first kappa shape index (κ1) is 27.1. The molecule has 32 heavy (non-hydrogen) atoms. The molecular formula is C11H14FN2O14P3S. The van der Waals surface area contributed by atoms with Gasteiger partial charge in [0.15, 0.2) is 12.3 Å². The van der Waals surface area contributed by atoms with Crippen LogP contribution in [0.4, 0.5) is 4.39 Å². The molecule has 180 valence electrons. The van der Waals surface area contributed by atoms with Crippen LogP contribution in [0.5, 0.6) is 0 Å². The summed E-state index contributed by atoms with van der Waals surface area (Å²) in [5.41, 5.74) is -4.00. The Morgan fingerprint density at radius 2 is 1.88 bits per heavy atom. The zero-order valence-electron chi connectivity index (χ0n) is 15.1. The Hall–Kier alpha value is -1.12. The molecule has 0 radical (unpaired) electrons. The number of alkyl halides is 1. The predicted molar refractivity (Wildman–Crippen MR) is 99.5 cm³/mol. The summed E-state index contributed by atoms with van der Waals surface area (Å²) in [5.74, 6) is -1.99. The van der Waals surface area contributed by atoms with E-state index in [1.807, 2.05) is 0 Å². The number of nitrogens with zero attached hydrogens (tertiary/aromatic N) is 1. The molecule has 1 aliphatic heterocycles. The molecule has 16 nitrogen and oxygen atoms in total. The van der Waals surface area contributed by atoms with Gasteiger partial charge in [0.05, 0.1) is 0 Å². The molecule has 1 aromatic heterocycles. The van der Waals surface area contributed by atoms with Gasteiger partial charge in [-0.2, -0.15) is 8.62 Å². The standard InChI is InChI=1S/C11H14FN2O14P3S/c1-2-10(17)7(15)11(12,26-8(10)14-4-3-6(32)13-9(14)16)5-25-30(21,22)28-31(23,24)27-29(18,19)20/h1,3-4,7-8,15,17H,5H2,(H,21,22)(H,23,24)(H,13,16,32)(H2,18,19,20)/t7-,8-,10?,11-/m1/s1. The summed E-state index contributed by atoms with van der Waals surface area (Å²) < 4.78 is 65.0. The number of aromatic amines is 1. The van der Waals surface area contributed by atoms with Crippen molar-refractivity contribution in [2.24, 2.45) is 0 Å². The van der Waals surface area contributed by atoms with E-state index in [1.54, 1.807) is 5.92 Å². The topological polar surface area (TPSA) is 247 Å². The first-order valence-electron chi connectivity index (χ1n) is 7.69. The zero-order valence-corrected chi connectivity index (χ0v) is 18.6. The van der Waals surface area contributed by atoms with Crippen LogP contribution in [0.2, 0.25) is 0 Å². The Morgan fingerprint density at radius 3 is 2.38 bits per heavy atom. The van der Waals surface area contributed by atoms with Crippen molar-refractivity contribution in [3.63, 3.8) is 0 Å². The van der Waals surface area contributed by atoms with E-state index >= 15 is 4.39 Å². The van der Waals surface area contributed by atoms with Crippen LogP contribution in [0.3, 0.4) is 0 Å². The monoisotopic (exact) mass is 542 g/mol. The molecule has 6 atom stereocenters. The summed E-state index contributed by atoms with van der Waals surface area (Å²) >= 11 is 4.72. The number of H-pyrrole nitrogens is 1. The number of rotatable bonds is 8. The lowest BCUT2D eigenvalue weighted by molar-refractivity contribution is -0.204. The lowest BCUT2D eigenvalue weighted by Crippen LogP contribution is -2.50. The fourth-order valence-corrected chi connectivity index (χ4v) is 5.60. The number of halogens is 1. The summed E-state index contributed by atoms with van der Waals surface area (Å²) in [6, 6.07) is 1.12. The van der Waals surface area contributed by atoms with E-state index in [4.69, 9.17) is 38.1 Å². The van der Waals surface area contributed by atoms with Crippen LogP contribution in [-0.4, -0.2) is 63.5 Å². The second kappa shape index (κ2) is 8.91. The molecule has 2 rings (SSSR count). The van der Waals surface area contributed by atoms with Crippen LogP contribution in [0.25, 0.3) is 0 Å². The fraction of sp³-hybridized carbons (Fsp3) is 0.455. The third-order valence-corrected chi connectivity index (χ3v) is 7.71. The largest absolute Gasteiger partial charge is 0.490 e. The van der Waals surface area contributed by atoms with Crippen molar-refractivity contribution in [2.45, 2.75) is 23.8 Å². The zero-order chi connectivity index (χ0) is 24.8. The lowest BCUT2D eigenvalue weighted by atomic mass is 9.94. The van der Waals surface area contributed by atoms with E-state index in [0.29, 0.717) is 4.57 Å². The van der Waals surface area contributed by atoms with Gasteiger partial charge in [-0.25, -0.2) is 22.9 Å². The van der Waals surface area contributed by atoms with Crippen LogP contribution in [0.15, 0.2) is 17.1 Å². The summed E-state index contributed by atoms with van der Waals surface area (Å²) in [7, 11) is -17.4. The molecule has 0 amide bonds. The van der Waals surface area contributed by atoms with Crippen LogP contribution < -0.4 is 5.69 Å². The van der Waals surface area contributed by atoms with Crippen molar-refractivity contribution in [2.75, 3.05) is 6.61 Å². The number of ether oxygens (including phenoxy) is 1. The van der Waals surface area contributed by atoms with Gasteiger partial charge in [0, 0.05) is 6.20 Å². The van der Waals surface area contributed by atoms with Crippen molar-refractivity contribution in [1.82, 2.24) is 9.55 Å². The fourth-order valence-electron chi connectivity index (χ4n) is 2.42. The Morgan fingerprint density at radius 1 is 1.28 bits per heavy atom. The molecule has 1 saturated heterocycles. The highest BCUT2D eigenvalue weighted by atomic mass is 32.1. The van der Waals surface area contributed by atoms with Gasteiger partial charge < -0.3 is 34.5 Å². The average molecular weight is 542 g/mol. The van der Waals surface area contributed by atoms with Crippen molar-refractivity contribution >= 4 is 35.7 Å². The van der Waals surface area contributed by atoms with Gasteiger partial charge in [-0.15, -0.1) is 6.42 Å². The first-order valence-corrected chi connectivity index (χ1v) is 12.6. The van der Waals surface area contributed by atoms with E-state index in [-0.39, 0.29) is 4.64 Å². The van der Waals surface area contributed by atoms with E-state index < -0.39 is 59.6 Å². The lowest BCUT2D eigenvalue weighted by Gasteiger charge is -2.26. The summed E-state index contributed by atoms with van der Waals surface area (Å²) in [6.45, 7) is -1.81. The summed E-state index contributed by atoms with van der Waals surface area (Å²) in [4.78, 5) is 49.6. The maximum atomic E-state index is 15.2. The molecule has 0 saturated carbocycles. The Balaban J connectivity index is 2.28. The van der Waals surface area contributed by atoms with Gasteiger partial charge in [-0.1, -0.05) is 18.1 Å². The average Bonchev–Trinajstić information content (AvgIpc) is 2.80. The number of hydrogen-bond acceptors (Lipinski definition) is 11. The van der Waals surface area contributed by atoms with Gasteiger partial charge >= 0.3 is 29.2 Å². The van der Waals surface area contributed by atoms with Crippen LogP contribution in [-0.2, 0) is 31.6 Å². The van der Waals surface area contributed by atoms with Gasteiger partial charge in [-0.05, 0) is 6.07 Å². The number of phosphoric ester groups is 1. The molecule has 2 heterocycles. The molecule has 21 heteroatoms. The van der Waals surface area contributed by atoms with Gasteiger partial charge in [0.2, 0.25) is 5.60 Å². The quantitative estimate of drug-likeness (QED) is 0.120. The first-order chi connectivity index (χ1) is 14.3. The van der Waals surface area contributed by atoms with E-state index in [9.17, 15) is 33.6 Å². The third kappa shape index (κ3) is 6.06. The van der Waals surface area contributed by atoms with E-state index in [2.05, 4.69) is 18.1 Å². The molecule has 0 bridgehead atoms. The van der Waals surface area contributed by atoms with E-state index in [0.717, 1.165) is 12.3 Å². The molecule has 7 N–H and O–H groups in total. The molecule has 1 aliphatic rings. The van der Waals surface area contributed by atoms with Crippen LogP contribution >= 0.6 is 35.7 Å². The van der Waals surface area contributed by atoms with Crippen molar-refractivity contribution in [3.05, 3.63) is 27.4 Å². The van der Waals surface area contributed by atoms with Crippen LogP contribution in [0.1, 0.15) is 6.23 Å². The SMILES string of the molecule is C#CC1(O)[C@@H](O)[C@@](F)(COP(=O)(O)OP(=O)(O)OP(=O)(O)O)O[C@H]1n1ccc(=S)[nH]c1=O. The summed E-state index contributed by atoms with van der Waals surface area (Å²) in [6.07, 6.45) is 1.20. The van der Waals surface area contributed by atoms with Gasteiger partial charge in [-0.3, -0.25) is 14.1 Å². The smallest absolute Gasteiger partial charge is 0.383 e. The van der Waals surface area contributed by atoms with Gasteiger partial charge in [0.1, 0.15) is 11.2 Å². The molecule has 0 spiro atoms. The summed E-state index contributed by atoms with van der Waals surface area (Å²) in [5, 5.41) is 20.7. The number of aliphatic hydroxyl groups is 2. The Bertz CT molecular complexity index is 1190. The Kier molecular flexibility index (Phi) is 7.56. The van der Waals surface area contributed by atoms with Gasteiger partial charge in [0.25, 0.3) is 5.85 Å². The number of aromatic nitrogens is 2. The molecule has 0 aromatic carbocycles. The molecule has 1 fully saturated rings. The number of aliphatic hydroxyl groups excluding tert-OH is 1. The maximum Gasteiger partial charge on any atom is 0.490 e. The second-order valence-electron chi connectivity index (χ2n) is 6.01. The normalized spacial score (nSPS) is 32.1. The molecule has 3 unspecified atom stereocenters. The third-order valence-electron chi connectivity index (χ3n) is 3.68. The van der Waals surface area contributed by atoms with Crippen molar-refractivity contribution < 1.29 is 65.8 Å². The van der Waals surface area contributed by atoms with Crippen LogP contribution in [0, 0.1) is 17.0 Å². The predicted octanol–water partition coefficient (Wildman–Crippen LogP) is -0.831. The number of terminal acetylenes is 1.